The van der Waals surface area contributed by atoms with Crippen LogP contribution in [0.5, 0.6) is 0 Å². The summed E-state index contributed by atoms with van der Waals surface area (Å²) in [6, 6.07) is 3.53. The summed E-state index contributed by atoms with van der Waals surface area (Å²) in [4.78, 5) is 18.1. The van der Waals surface area contributed by atoms with E-state index in [1.54, 1.807) is 11.3 Å². The number of fused-ring (bicyclic) bond motifs is 1. The van der Waals surface area contributed by atoms with Gasteiger partial charge in [-0.3, -0.25) is 4.79 Å². The lowest BCUT2D eigenvalue weighted by atomic mass is 10.0. The van der Waals surface area contributed by atoms with Crippen LogP contribution in [0.2, 0.25) is 0 Å². The number of aromatic nitrogens is 1. The van der Waals surface area contributed by atoms with Crippen LogP contribution in [-0.4, -0.2) is 43.2 Å². The summed E-state index contributed by atoms with van der Waals surface area (Å²) in [5.74, 6) is -1.24. The highest BCUT2D eigenvalue weighted by atomic mass is 32.2. The predicted octanol–water partition coefficient (Wildman–Crippen LogP) is 3.31. The fraction of sp³-hybridized carbons (Fsp3) is 0.524. The first-order valence-electron chi connectivity index (χ1n) is 10.5. The summed E-state index contributed by atoms with van der Waals surface area (Å²) in [6.45, 7) is 1.17. The minimum absolute atomic E-state index is 0.144. The Bertz CT molecular complexity index is 1010. The molecule has 1 aliphatic heterocycles. The molecular weight excluding hydrogens is 425 g/mol. The van der Waals surface area contributed by atoms with E-state index in [9.17, 15) is 17.6 Å². The lowest BCUT2D eigenvalue weighted by Crippen LogP contribution is -2.36. The molecule has 2 aromatic rings. The Hall–Kier alpha value is -1.84. The van der Waals surface area contributed by atoms with Gasteiger partial charge < -0.3 is 5.32 Å². The first-order chi connectivity index (χ1) is 14.4. The van der Waals surface area contributed by atoms with Gasteiger partial charge >= 0.3 is 0 Å². The summed E-state index contributed by atoms with van der Waals surface area (Å²) in [5.41, 5.74) is 1.34. The molecule has 0 radical (unpaired) electrons. The van der Waals surface area contributed by atoms with E-state index in [2.05, 4.69) is 10.3 Å². The topological polar surface area (TPSA) is 79.4 Å². The molecule has 0 spiro atoms. The van der Waals surface area contributed by atoms with Gasteiger partial charge in [0.15, 0.2) is 0 Å². The van der Waals surface area contributed by atoms with Crippen molar-refractivity contribution in [2.24, 2.45) is 0 Å². The minimum Gasteiger partial charge on any atom is -0.352 e. The molecule has 1 fully saturated rings. The van der Waals surface area contributed by atoms with Crippen molar-refractivity contribution in [1.82, 2.24) is 14.6 Å². The van der Waals surface area contributed by atoms with E-state index < -0.39 is 26.6 Å². The molecule has 1 amide bonds. The molecule has 2 aliphatic rings. The highest BCUT2D eigenvalue weighted by Gasteiger charge is 2.29. The molecule has 6 nitrogen and oxygen atoms in total. The van der Waals surface area contributed by atoms with Crippen molar-refractivity contribution >= 4 is 27.3 Å². The van der Waals surface area contributed by atoms with Crippen molar-refractivity contribution < 1.29 is 17.6 Å². The summed E-state index contributed by atoms with van der Waals surface area (Å²) in [5, 5.41) is 3.81. The largest absolute Gasteiger partial charge is 0.352 e. The van der Waals surface area contributed by atoms with Crippen LogP contribution in [0.25, 0.3) is 0 Å². The van der Waals surface area contributed by atoms with Crippen molar-refractivity contribution in [2.45, 2.75) is 56.3 Å². The zero-order chi connectivity index (χ0) is 21.1. The molecule has 9 heteroatoms. The zero-order valence-corrected chi connectivity index (χ0v) is 18.5. The van der Waals surface area contributed by atoms with Crippen LogP contribution in [0.3, 0.4) is 0 Å². The number of nitrogens with one attached hydrogen (secondary N) is 1. The second kappa shape index (κ2) is 9.11. The van der Waals surface area contributed by atoms with Gasteiger partial charge in [0.2, 0.25) is 10.0 Å². The number of rotatable bonds is 6. The molecule has 30 heavy (non-hydrogen) atoms. The van der Waals surface area contributed by atoms with Gasteiger partial charge in [0.25, 0.3) is 5.91 Å². The molecule has 2 heterocycles. The number of piperidine rings is 1. The van der Waals surface area contributed by atoms with Crippen LogP contribution >= 0.6 is 11.3 Å². The molecule has 0 bridgehead atoms. The van der Waals surface area contributed by atoms with Gasteiger partial charge in [-0.1, -0.05) is 6.42 Å². The number of aryl methyl sites for hydroxylation is 2. The molecule has 1 aromatic heterocycles. The predicted molar refractivity (Wildman–Crippen MR) is 114 cm³/mol. The third kappa shape index (κ3) is 4.58. The van der Waals surface area contributed by atoms with Crippen LogP contribution in [0.4, 0.5) is 4.39 Å². The van der Waals surface area contributed by atoms with E-state index in [4.69, 9.17) is 0 Å². The van der Waals surface area contributed by atoms with Gasteiger partial charge in [0, 0.05) is 36.5 Å². The van der Waals surface area contributed by atoms with Crippen LogP contribution in [0.15, 0.2) is 23.1 Å². The minimum atomic E-state index is -3.94. The van der Waals surface area contributed by atoms with E-state index in [-0.39, 0.29) is 5.56 Å². The first kappa shape index (κ1) is 21.4. The van der Waals surface area contributed by atoms with Gasteiger partial charge in [-0.2, -0.15) is 4.31 Å². The fourth-order valence-corrected chi connectivity index (χ4v) is 6.75. The van der Waals surface area contributed by atoms with Gasteiger partial charge in [-0.15, -0.1) is 11.3 Å². The summed E-state index contributed by atoms with van der Waals surface area (Å²) >= 11 is 1.71. The molecular formula is C21H26FN3O3S2. The maximum absolute atomic E-state index is 14.3. The van der Waals surface area contributed by atoms with Gasteiger partial charge in [-0.05, 0) is 56.7 Å². The van der Waals surface area contributed by atoms with E-state index in [1.165, 1.54) is 33.8 Å². The van der Waals surface area contributed by atoms with Crippen molar-refractivity contribution in [3.05, 3.63) is 45.2 Å². The number of carbonyl (C=O) groups is 1. The number of nitrogens with zero attached hydrogens (tertiary/aromatic N) is 2. The smallest absolute Gasteiger partial charge is 0.251 e. The second-order valence-corrected chi connectivity index (χ2v) is 10.9. The van der Waals surface area contributed by atoms with Crippen LogP contribution in [-0.2, 0) is 29.3 Å². The quantitative estimate of drug-likeness (QED) is 0.731. The number of sulfonamides is 1. The highest BCUT2D eigenvalue weighted by molar-refractivity contribution is 7.89. The molecule has 162 valence electrons. The van der Waals surface area contributed by atoms with Crippen molar-refractivity contribution in [3.63, 3.8) is 0 Å². The van der Waals surface area contributed by atoms with Crippen LogP contribution < -0.4 is 5.32 Å². The molecule has 1 N–H and O–H groups in total. The molecule has 1 aromatic carbocycles. The van der Waals surface area contributed by atoms with E-state index in [1.807, 2.05) is 0 Å². The van der Waals surface area contributed by atoms with E-state index in [0.29, 0.717) is 26.1 Å². The summed E-state index contributed by atoms with van der Waals surface area (Å²) < 4.78 is 41.3. The average Bonchev–Trinajstić information content (AvgIpc) is 3.17. The maximum atomic E-state index is 14.3. The Morgan fingerprint density at radius 1 is 1.13 bits per heavy atom. The Kier molecular flexibility index (Phi) is 6.50. The normalized spacial score (nSPS) is 17.5. The average molecular weight is 452 g/mol. The highest BCUT2D eigenvalue weighted by Crippen LogP contribution is 2.27. The Labute approximate surface area is 180 Å². The monoisotopic (exact) mass is 451 g/mol. The number of thiazole rings is 1. The standard InChI is InChI=1S/C21H26FN3O3S2/c22-16-9-8-15(14-19(16)30(27,28)25-12-4-1-5-13-25)21(26)23-11-10-20-24-17-6-2-3-7-18(17)29-20/h8-9,14H,1-7,10-13H2,(H,23,26). The number of hydrogen-bond donors (Lipinski definition) is 1. The summed E-state index contributed by atoms with van der Waals surface area (Å²) in [6.07, 6.45) is 7.63. The lowest BCUT2D eigenvalue weighted by molar-refractivity contribution is 0.0954. The Balaban J connectivity index is 1.41. The third-order valence-electron chi connectivity index (χ3n) is 5.64. The number of carbonyl (C=O) groups excluding carboxylic acids is 1. The van der Waals surface area contributed by atoms with Gasteiger partial charge in [0.05, 0.1) is 10.7 Å². The van der Waals surface area contributed by atoms with Crippen molar-refractivity contribution in [2.75, 3.05) is 19.6 Å². The number of halogens is 1. The zero-order valence-electron chi connectivity index (χ0n) is 16.8. The third-order valence-corrected chi connectivity index (χ3v) is 8.77. The van der Waals surface area contributed by atoms with E-state index in [0.717, 1.165) is 49.2 Å². The van der Waals surface area contributed by atoms with Crippen LogP contribution in [0.1, 0.15) is 58.0 Å². The molecule has 1 aliphatic carbocycles. The van der Waals surface area contributed by atoms with Crippen LogP contribution in [0, 0.1) is 5.82 Å². The van der Waals surface area contributed by atoms with Gasteiger partial charge in [-0.25, -0.2) is 17.8 Å². The fourth-order valence-electron chi connectivity index (χ4n) is 3.98. The lowest BCUT2D eigenvalue weighted by Gasteiger charge is -2.26. The number of amides is 1. The van der Waals surface area contributed by atoms with E-state index >= 15 is 0 Å². The molecule has 0 saturated carbocycles. The first-order valence-corrected chi connectivity index (χ1v) is 12.8. The molecule has 0 atom stereocenters. The molecule has 1 saturated heterocycles. The Morgan fingerprint density at radius 3 is 2.67 bits per heavy atom. The van der Waals surface area contributed by atoms with Crippen molar-refractivity contribution in [3.8, 4) is 0 Å². The molecule has 0 unspecified atom stereocenters. The maximum Gasteiger partial charge on any atom is 0.251 e. The summed E-state index contributed by atoms with van der Waals surface area (Å²) in [7, 11) is -3.94. The number of benzene rings is 1. The van der Waals surface area contributed by atoms with Crippen molar-refractivity contribution in [1.29, 1.82) is 0 Å². The Morgan fingerprint density at radius 2 is 1.90 bits per heavy atom. The SMILES string of the molecule is O=C(NCCc1nc2c(s1)CCCC2)c1ccc(F)c(S(=O)(=O)N2CCCCC2)c1. The number of hydrogen-bond acceptors (Lipinski definition) is 5. The second-order valence-electron chi connectivity index (χ2n) is 7.80. The molecule has 4 rings (SSSR count). The van der Waals surface area contributed by atoms with Gasteiger partial charge in [0.1, 0.15) is 10.7 Å².